The van der Waals surface area contributed by atoms with Gasteiger partial charge >= 0.3 is 0 Å². The van der Waals surface area contributed by atoms with E-state index in [9.17, 15) is 9.59 Å². The molecule has 1 aromatic rings. The molecule has 1 amide bonds. The van der Waals surface area contributed by atoms with E-state index in [1.54, 1.807) is 23.2 Å². The van der Waals surface area contributed by atoms with E-state index in [-0.39, 0.29) is 11.8 Å². The number of anilines is 1. The highest BCUT2D eigenvalue weighted by molar-refractivity contribution is 5.98. The van der Waals surface area contributed by atoms with Gasteiger partial charge in [0.25, 0.3) is 0 Å². The number of pyridine rings is 1. The fourth-order valence-electron chi connectivity index (χ4n) is 1.87. The van der Waals surface area contributed by atoms with Gasteiger partial charge in [-0.1, -0.05) is 0 Å². The Morgan fingerprint density at radius 1 is 1.62 bits per heavy atom. The van der Waals surface area contributed by atoms with Crippen molar-refractivity contribution >= 4 is 18.0 Å². The Balaban J connectivity index is 2.31. The van der Waals surface area contributed by atoms with Crippen molar-refractivity contribution in [3.8, 4) is 0 Å². The summed E-state index contributed by atoms with van der Waals surface area (Å²) in [6.07, 6.45) is 2.72. The summed E-state index contributed by atoms with van der Waals surface area (Å²) in [5.41, 5.74) is 5.98. The second kappa shape index (κ2) is 4.40. The summed E-state index contributed by atoms with van der Waals surface area (Å²) in [4.78, 5) is 28.2. The number of amides is 1. The highest BCUT2D eigenvalue weighted by atomic mass is 16.2. The average molecular weight is 219 g/mol. The molecule has 1 saturated heterocycles. The molecule has 2 rings (SSSR count). The van der Waals surface area contributed by atoms with E-state index >= 15 is 0 Å². The lowest BCUT2D eigenvalue weighted by atomic mass is 10.1. The first-order chi connectivity index (χ1) is 7.76. The zero-order valence-electron chi connectivity index (χ0n) is 8.80. The zero-order chi connectivity index (χ0) is 11.5. The van der Waals surface area contributed by atoms with Gasteiger partial charge in [-0.15, -0.1) is 0 Å². The second-order valence-corrected chi connectivity index (χ2v) is 3.84. The zero-order valence-corrected chi connectivity index (χ0v) is 8.80. The minimum absolute atomic E-state index is 0.0164. The van der Waals surface area contributed by atoms with E-state index in [1.165, 1.54) is 0 Å². The Morgan fingerprint density at radius 3 is 3.06 bits per heavy atom. The maximum absolute atomic E-state index is 11.7. The number of rotatable bonds is 3. The van der Waals surface area contributed by atoms with Gasteiger partial charge in [-0.2, -0.15) is 0 Å². The van der Waals surface area contributed by atoms with E-state index in [1.807, 2.05) is 0 Å². The smallest absolute Gasteiger partial charge is 0.228 e. The summed E-state index contributed by atoms with van der Waals surface area (Å²) in [7, 11) is 0. The largest absolute Gasteiger partial charge is 0.330 e. The molecule has 16 heavy (non-hydrogen) atoms. The average Bonchev–Trinajstić information content (AvgIpc) is 2.70. The Bertz CT molecular complexity index is 419. The highest BCUT2D eigenvalue weighted by Gasteiger charge is 2.31. The minimum atomic E-state index is -0.0164. The van der Waals surface area contributed by atoms with Crippen LogP contribution in [0, 0.1) is 5.92 Å². The fraction of sp³-hybridized carbons (Fsp3) is 0.364. The van der Waals surface area contributed by atoms with Crippen molar-refractivity contribution in [2.24, 2.45) is 11.7 Å². The maximum Gasteiger partial charge on any atom is 0.228 e. The van der Waals surface area contributed by atoms with E-state index in [0.717, 1.165) is 0 Å². The molecule has 1 aromatic heterocycles. The number of carbonyl (C=O) groups excluding carboxylic acids is 2. The normalized spacial score (nSPS) is 20.2. The number of carbonyl (C=O) groups is 2. The molecule has 5 nitrogen and oxygen atoms in total. The number of hydrogen-bond donors (Lipinski definition) is 1. The van der Waals surface area contributed by atoms with Crippen LogP contribution < -0.4 is 10.6 Å². The summed E-state index contributed by atoms with van der Waals surface area (Å²) in [6.45, 7) is 1.03. The first-order valence-electron chi connectivity index (χ1n) is 5.17. The van der Waals surface area contributed by atoms with Crippen molar-refractivity contribution in [3.05, 3.63) is 23.9 Å². The number of nitrogens with two attached hydrogens (primary N) is 1. The van der Waals surface area contributed by atoms with Gasteiger partial charge < -0.3 is 5.73 Å². The molecule has 84 valence electrons. The SMILES string of the molecule is NCC1CC(=O)N(c2ncccc2C=O)C1. The lowest BCUT2D eigenvalue weighted by molar-refractivity contribution is -0.117. The van der Waals surface area contributed by atoms with Crippen LogP contribution in [0.1, 0.15) is 16.8 Å². The predicted molar refractivity (Wildman–Crippen MR) is 59.1 cm³/mol. The Hall–Kier alpha value is -1.75. The third kappa shape index (κ3) is 1.81. The molecular formula is C11H13N3O2. The third-order valence-electron chi connectivity index (χ3n) is 2.74. The van der Waals surface area contributed by atoms with Crippen molar-refractivity contribution < 1.29 is 9.59 Å². The summed E-state index contributed by atoms with van der Waals surface area (Å²) in [5.74, 6) is 0.588. The molecule has 0 spiro atoms. The van der Waals surface area contributed by atoms with E-state index < -0.39 is 0 Å². The fourth-order valence-corrected chi connectivity index (χ4v) is 1.87. The summed E-state index contributed by atoms with van der Waals surface area (Å²) in [5, 5.41) is 0. The number of aromatic nitrogens is 1. The molecule has 0 aromatic carbocycles. The van der Waals surface area contributed by atoms with Crippen LogP contribution in [0.15, 0.2) is 18.3 Å². The quantitative estimate of drug-likeness (QED) is 0.737. The lowest BCUT2D eigenvalue weighted by Crippen LogP contribution is -2.27. The van der Waals surface area contributed by atoms with Gasteiger partial charge in [-0.05, 0) is 24.6 Å². The topological polar surface area (TPSA) is 76.3 Å². The van der Waals surface area contributed by atoms with E-state index in [2.05, 4.69) is 4.98 Å². The van der Waals surface area contributed by atoms with Crippen LogP contribution >= 0.6 is 0 Å². The molecule has 5 heteroatoms. The molecule has 1 unspecified atom stereocenters. The van der Waals surface area contributed by atoms with Gasteiger partial charge in [0, 0.05) is 19.2 Å². The second-order valence-electron chi connectivity index (χ2n) is 3.84. The first-order valence-corrected chi connectivity index (χ1v) is 5.17. The molecule has 0 bridgehead atoms. The van der Waals surface area contributed by atoms with Gasteiger partial charge in [0.2, 0.25) is 5.91 Å². The lowest BCUT2D eigenvalue weighted by Gasteiger charge is -2.16. The molecule has 2 N–H and O–H groups in total. The van der Waals surface area contributed by atoms with Crippen LogP contribution in [-0.4, -0.2) is 30.3 Å². The van der Waals surface area contributed by atoms with Crippen LogP contribution in [0.3, 0.4) is 0 Å². The van der Waals surface area contributed by atoms with Crippen LogP contribution in [-0.2, 0) is 4.79 Å². The molecule has 2 heterocycles. The minimum Gasteiger partial charge on any atom is -0.330 e. The standard InChI is InChI=1S/C11H13N3O2/c12-5-8-4-10(16)14(6-8)11-9(7-15)2-1-3-13-11/h1-3,7-8H,4-6,12H2. The highest BCUT2D eigenvalue weighted by Crippen LogP contribution is 2.24. The monoisotopic (exact) mass is 219 g/mol. The van der Waals surface area contributed by atoms with Crippen molar-refractivity contribution in [1.29, 1.82) is 0 Å². The van der Waals surface area contributed by atoms with E-state index in [0.29, 0.717) is 37.2 Å². The number of hydrogen-bond acceptors (Lipinski definition) is 4. The molecule has 1 atom stereocenters. The number of nitrogens with zero attached hydrogens (tertiary/aromatic N) is 2. The van der Waals surface area contributed by atoms with Gasteiger partial charge in [0.05, 0.1) is 5.56 Å². The van der Waals surface area contributed by atoms with Gasteiger partial charge in [0.1, 0.15) is 5.82 Å². The molecule has 1 aliphatic rings. The van der Waals surface area contributed by atoms with Crippen molar-refractivity contribution in [3.63, 3.8) is 0 Å². The maximum atomic E-state index is 11.7. The van der Waals surface area contributed by atoms with Gasteiger partial charge in [-0.25, -0.2) is 4.98 Å². The molecule has 0 saturated carbocycles. The third-order valence-corrected chi connectivity index (χ3v) is 2.74. The molecule has 1 fully saturated rings. The van der Waals surface area contributed by atoms with E-state index in [4.69, 9.17) is 5.73 Å². The van der Waals surface area contributed by atoms with Crippen molar-refractivity contribution in [2.75, 3.05) is 18.0 Å². The van der Waals surface area contributed by atoms with Crippen LogP contribution in [0.2, 0.25) is 0 Å². The number of aldehydes is 1. The van der Waals surface area contributed by atoms with Crippen LogP contribution in [0.5, 0.6) is 0 Å². The molecule has 0 aliphatic carbocycles. The Labute approximate surface area is 93.3 Å². The Morgan fingerprint density at radius 2 is 2.44 bits per heavy atom. The summed E-state index contributed by atoms with van der Waals surface area (Å²) >= 11 is 0. The predicted octanol–water partition coefficient (Wildman–Crippen LogP) is 0.206. The molecular weight excluding hydrogens is 206 g/mol. The van der Waals surface area contributed by atoms with Crippen molar-refractivity contribution in [2.45, 2.75) is 6.42 Å². The Kier molecular flexibility index (Phi) is 2.96. The van der Waals surface area contributed by atoms with Gasteiger partial charge in [0.15, 0.2) is 6.29 Å². The summed E-state index contributed by atoms with van der Waals surface area (Å²) in [6, 6.07) is 3.33. The van der Waals surface area contributed by atoms with Crippen LogP contribution in [0.4, 0.5) is 5.82 Å². The molecule has 1 aliphatic heterocycles. The first kappa shape index (κ1) is 10.8. The van der Waals surface area contributed by atoms with Crippen molar-refractivity contribution in [1.82, 2.24) is 4.98 Å². The summed E-state index contributed by atoms with van der Waals surface area (Å²) < 4.78 is 0. The van der Waals surface area contributed by atoms with Gasteiger partial charge in [-0.3, -0.25) is 14.5 Å². The van der Waals surface area contributed by atoms with Crippen LogP contribution in [0.25, 0.3) is 0 Å². The molecule has 0 radical (unpaired) electrons.